The third-order valence-electron chi connectivity index (χ3n) is 5.09. The van der Waals surface area contributed by atoms with Crippen molar-refractivity contribution >= 4 is 23.2 Å². The lowest BCUT2D eigenvalue weighted by atomic mass is 10.1. The largest absolute Gasteiger partial charge is 0.352 e. The summed E-state index contributed by atoms with van der Waals surface area (Å²) < 4.78 is 2.12. The number of carbonyl (C=O) groups excluding carboxylic acids is 2. The summed E-state index contributed by atoms with van der Waals surface area (Å²) in [6.07, 6.45) is 1.27. The molecular weight excluding hydrogens is 334 g/mol. The van der Waals surface area contributed by atoms with E-state index in [1.54, 1.807) is 0 Å². The molecule has 0 N–H and O–H groups in total. The van der Waals surface area contributed by atoms with Gasteiger partial charge in [-0.2, -0.15) is 0 Å². The van der Waals surface area contributed by atoms with Crippen molar-refractivity contribution in [1.82, 2.24) is 14.4 Å². The molecule has 1 saturated heterocycles. The van der Waals surface area contributed by atoms with E-state index in [2.05, 4.69) is 24.5 Å². The first-order valence-electron chi connectivity index (χ1n) is 8.69. The molecule has 1 aliphatic heterocycles. The lowest BCUT2D eigenvalue weighted by Crippen LogP contribution is -2.37. The quantitative estimate of drug-likeness (QED) is 0.846. The number of hydrogen-bond donors (Lipinski definition) is 0. The summed E-state index contributed by atoms with van der Waals surface area (Å²) >= 11 is 1.47. The Morgan fingerprint density at radius 2 is 1.84 bits per heavy atom. The van der Waals surface area contributed by atoms with Crippen molar-refractivity contribution in [3.63, 3.8) is 0 Å². The summed E-state index contributed by atoms with van der Waals surface area (Å²) in [6, 6.07) is 5.86. The summed E-state index contributed by atoms with van der Waals surface area (Å²) in [5.74, 6) is 0.234. The molecule has 25 heavy (non-hydrogen) atoms. The molecule has 0 saturated carbocycles. The minimum atomic E-state index is 0.0822. The maximum atomic E-state index is 12.7. The first-order chi connectivity index (χ1) is 12.0. The molecule has 0 atom stereocenters. The van der Waals surface area contributed by atoms with E-state index < -0.39 is 0 Å². The Bertz CT molecular complexity index is 764. The number of hydrogen-bond acceptors (Lipinski definition) is 3. The average molecular weight is 359 g/mol. The maximum Gasteiger partial charge on any atom is 0.263 e. The molecule has 2 amide bonds. The van der Waals surface area contributed by atoms with Crippen LogP contribution in [0.3, 0.4) is 0 Å². The van der Waals surface area contributed by atoms with E-state index in [1.807, 2.05) is 34.4 Å². The molecule has 6 heteroatoms. The van der Waals surface area contributed by atoms with Crippen molar-refractivity contribution in [3.05, 3.63) is 45.4 Å². The Hall–Kier alpha value is -2.08. The van der Waals surface area contributed by atoms with Crippen LogP contribution in [0.25, 0.3) is 0 Å². The molecule has 0 unspecified atom stereocenters. The van der Waals surface area contributed by atoms with Gasteiger partial charge in [-0.05, 0) is 43.3 Å². The van der Waals surface area contributed by atoms with Gasteiger partial charge in [0.2, 0.25) is 5.91 Å². The highest BCUT2D eigenvalue weighted by molar-refractivity contribution is 7.12. The highest BCUT2D eigenvalue weighted by Crippen LogP contribution is 2.17. The molecule has 0 bridgehead atoms. The minimum Gasteiger partial charge on any atom is -0.352 e. The van der Waals surface area contributed by atoms with Crippen molar-refractivity contribution in [2.75, 3.05) is 26.2 Å². The molecule has 0 radical (unpaired) electrons. The van der Waals surface area contributed by atoms with Gasteiger partial charge in [-0.25, -0.2) is 0 Å². The highest BCUT2D eigenvalue weighted by Gasteiger charge is 2.24. The summed E-state index contributed by atoms with van der Waals surface area (Å²) in [6.45, 7) is 6.76. The number of amides is 2. The van der Waals surface area contributed by atoms with Gasteiger partial charge in [-0.15, -0.1) is 11.3 Å². The van der Waals surface area contributed by atoms with Gasteiger partial charge < -0.3 is 14.4 Å². The van der Waals surface area contributed by atoms with Crippen LogP contribution in [0, 0.1) is 13.8 Å². The zero-order valence-electron chi connectivity index (χ0n) is 15.1. The van der Waals surface area contributed by atoms with Crippen molar-refractivity contribution in [3.8, 4) is 0 Å². The van der Waals surface area contributed by atoms with Gasteiger partial charge in [0, 0.05) is 44.6 Å². The normalized spacial score (nSPS) is 15.3. The molecule has 5 nitrogen and oxygen atoms in total. The maximum absolute atomic E-state index is 12.7. The van der Waals surface area contributed by atoms with Crippen molar-refractivity contribution in [2.24, 2.45) is 7.05 Å². The summed E-state index contributed by atoms with van der Waals surface area (Å²) in [5, 5.41) is 1.92. The van der Waals surface area contributed by atoms with Crippen LogP contribution < -0.4 is 0 Å². The fraction of sp³-hybridized carbons (Fsp3) is 0.474. The van der Waals surface area contributed by atoms with E-state index in [9.17, 15) is 9.59 Å². The molecule has 134 valence electrons. The van der Waals surface area contributed by atoms with Gasteiger partial charge in [0.25, 0.3) is 5.91 Å². The third kappa shape index (κ3) is 3.79. The molecular formula is C19H25N3O2S. The van der Waals surface area contributed by atoms with E-state index in [-0.39, 0.29) is 11.8 Å². The monoisotopic (exact) mass is 359 g/mol. The second-order valence-electron chi connectivity index (χ2n) is 6.64. The first-order valence-corrected chi connectivity index (χ1v) is 9.57. The predicted molar refractivity (Wildman–Crippen MR) is 100 cm³/mol. The van der Waals surface area contributed by atoms with Gasteiger partial charge in [0.05, 0.1) is 11.3 Å². The Morgan fingerprint density at radius 3 is 2.48 bits per heavy atom. The SMILES string of the molecule is Cc1cc(CC(=O)N2CCCN(C(=O)c3cccs3)CC2)c(C)n1C. The minimum absolute atomic E-state index is 0.0822. The van der Waals surface area contributed by atoms with Crippen LogP contribution >= 0.6 is 11.3 Å². The van der Waals surface area contributed by atoms with E-state index in [4.69, 9.17) is 0 Å². The first kappa shape index (κ1) is 17.7. The number of carbonyl (C=O) groups is 2. The van der Waals surface area contributed by atoms with Crippen LogP contribution in [0.1, 0.15) is 33.0 Å². The summed E-state index contributed by atoms with van der Waals surface area (Å²) in [7, 11) is 2.03. The van der Waals surface area contributed by atoms with Gasteiger partial charge >= 0.3 is 0 Å². The van der Waals surface area contributed by atoms with Crippen LogP contribution in [0.5, 0.6) is 0 Å². The lowest BCUT2D eigenvalue weighted by Gasteiger charge is -2.22. The van der Waals surface area contributed by atoms with Gasteiger partial charge in [0.1, 0.15) is 0 Å². The molecule has 3 heterocycles. The molecule has 2 aromatic heterocycles. The van der Waals surface area contributed by atoms with E-state index >= 15 is 0 Å². The van der Waals surface area contributed by atoms with Gasteiger partial charge in [0.15, 0.2) is 0 Å². The Kier molecular flexibility index (Phi) is 5.27. The van der Waals surface area contributed by atoms with E-state index in [0.29, 0.717) is 26.1 Å². The Balaban J connectivity index is 1.61. The molecule has 1 fully saturated rings. The molecule has 3 rings (SSSR count). The number of thiophene rings is 1. The second-order valence-corrected chi connectivity index (χ2v) is 7.58. The lowest BCUT2D eigenvalue weighted by molar-refractivity contribution is -0.130. The van der Waals surface area contributed by atoms with Crippen LogP contribution in [0.2, 0.25) is 0 Å². The zero-order valence-corrected chi connectivity index (χ0v) is 15.9. The molecule has 0 aliphatic carbocycles. The van der Waals surface area contributed by atoms with Crippen LogP contribution in [-0.4, -0.2) is 52.4 Å². The van der Waals surface area contributed by atoms with E-state index in [0.717, 1.165) is 29.1 Å². The van der Waals surface area contributed by atoms with Gasteiger partial charge in [-0.1, -0.05) is 6.07 Å². The number of aryl methyl sites for hydroxylation is 1. The van der Waals surface area contributed by atoms with Crippen LogP contribution in [-0.2, 0) is 18.3 Å². The summed E-state index contributed by atoms with van der Waals surface area (Å²) in [5.41, 5.74) is 3.42. The van der Waals surface area contributed by atoms with Crippen molar-refractivity contribution in [1.29, 1.82) is 0 Å². The smallest absolute Gasteiger partial charge is 0.263 e. The molecule has 2 aromatic rings. The number of aromatic nitrogens is 1. The highest BCUT2D eigenvalue weighted by atomic mass is 32.1. The Labute approximate surface area is 152 Å². The molecule has 0 spiro atoms. The molecule has 0 aromatic carbocycles. The third-order valence-corrected chi connectivity index (χ3v) is 5.95. The molecule has 1 aliphatic rings. The van der Waals surface area contributed by atoms with E-state index in [1.165, 1.54) is 17.0 Å². The second kappa shape index (κ2) is 7.44. The van der Waals surface area contributed by atoms with Crippen molar-refractivity contribution < 1.29 is 9.59 Å². The van der Waals surface area contributed by atoms with Crippen molar-refractivity contribution in [2.45, 2.75) is 26.7 Å². The topological polar surface area (TPSA) is 45.6 Å². The Morgan fingerprint density at radius 1 is 1.12 bits per heavy atom. The fourth-order valence-electron chi connectivity index (χ4n) is 3.31. The fourth-order valence-corrected chi connectivity index (χ4v) is 4.00. The van der Waals surface area contributed by atoms with Gasteiger partial charge in [-0.3, -0.25) is 9.59 Å². The zero-order chi connectivity index (χ0) is 18.0. The van der Waals surface area contributed by atoms with Crippen LogP contribution in [0.15, 0.2) is 23.6 Å². The predicted octanol–water partition coefficient (Wildman–Crippen LogP) is 2.62. The van der Waals surface area contributed by atoms with Crippen LogP contribution in [0.4, 0.5) is 0 Å². The number of nitrogens with zero attached hydrogens (tertiary/aromatic N) is 3. The standard InChI is InChI=1S/C19H25N3O2S/c1-14-12-16(15(2)20(14)3)13-18(23)21-7-5-8-22(10-9-21)19(24)17-6-4-11-25-17/h4,6,11-12H,5,7-10,13H2,1-3H3. The number of rotatable bonds is 3. The average Bonchev–Trinajstić information content (AvgIpc) is 3.12. The summed E-state index contributed by atoms with van der Waals surface area (Å²) in [4.78, 5) is 29.8.